The summed E-state index contributed by atoms with van der Waals surface area (Å²) in [6.07, 6.45) is 4.54. The van der Waals surface area contributed by atoms with Gasteiger partial charge >= 0.3 is 0 Å². The Hall–Kier alpha value is -0.0800. The smallest absolute Gasteiger partial charge is 0.152 e. The second-order valence-corrected chi connectivity index (χ2v) is 2.64. The van der Waals surface area contributed by atoms with Crippen LogP contribution in [0, 0.1) is 0 Å². The number of aliphatic hydroxyl groups excluding tert-OH is 1. The van der Waals surface area contributed by atoms with Gasteiger partial charge in [0.2, 0.25) is 0 Å². The number of aliphatic hydroxyl groups is 1. The Labute approximate surface area is 55.8 Å². The maximum absolute atomic E-state index is 8.79. The van der Waals surface area contributed by atoms with E-state index in [9.17, 15) is 0 Å². The molecule has 1 N–H and O–H groups in total. The molecule has 9 heavy (non-hydrogen) atoms. The van der Waals surface area contributed by atoms with Gasteiger partial charge in [-0.25, -0.2) is 0 Å². The molecule has 2 heteroatoms. The molecule has 0 radical (unpaired) electrons. The molecule has 0 bridgehead atoms. The molecule has 1 rings (SSSR count). The summed E-state index contributed by atoms with van der Waals surface area (Å²) in [7, 11) is 0. The van der Waals surface area contributed by atoms with E-state index in [1.807, 2.05) is 0 Å². The third-order valence-electron chi connectivity index (χ3n) is 1.69. The zero-order valence-electron chi connectivity index (χ0n) is 5.84. The van der Waals surface area contributed by atoms with E-state index in [1.54, 1.807) is 6.92 Å². The summed E-state index contributed by atoms with van der Waals surface area (Å²) >= 11 is 0. The lowest BCUT2D eigenvalue weighted by Gasteiger charge is -2.12. The van der Waals surface area contributed by atoms with Gasteiger partial charge in [-0.15, -0.1) is 0 Å². The Morgan fingerprint density at radius 2 is 2.00 bits per heavy atom. The summed E-state index contributed by atoms with van der Waals surface area (Å²) in [5.74, 6) is 0. The first-order valence-corrected chi connectivity index (χ1v) is 3.62. The highest BCUT2D eigenvalue weighted by atomic mass is 16.6. The average Bonchev–Trinajstić information content (AvgIpc) is 2.15. The van der Waals surface area contributed by atoms with Gasteiger partial charge in [0.15, 0.2) is 6.29 Å². The first-order valence-electron chi connectivity index (χ1n) is 3.62. The van der Waals surface area contributed by atoms with Crippen molar-refractivity contribution in [2.24, 2.45) is 0 Å². The Bertz CT molecular complexity index is 75.0. The lowest BCUT2D eigenvalue weighted by Crippen LogP contribution is -2.15. The van der Waals surface area contributed by atoms with E-state index < -0.39 is 6.29 Å². The predicted octanol–water partition coefficient (Wildman–Crippen LogP) is 1.28. The summed E-state index contributed by atoms with van der Waals surface area (Å²) in [6, 6.07) is 0. The topological polar surface area (TPSA) is 29.5 Å². The van der Waals surface area contributed by atoms with Crippen LogP contribution in [0.25, 0.3) is 0 Å². The summed E-state index contributed by atoms with van der Waals surface area (Å²) < 4.78 is 5.17. The van der Waals surface area contributed by atoms with Crippen molar-refractivity contribution in [3.63, 3.8) is 0 Å². The molecule has 0 aromatic heterocycles. The quantitative estimate of drug-likeness (QED) is 0.571. The van der Waals surface area contributed by atoms with Crippen LogP contribution in [-0.2, 0) is 4.74 Å². The lowest BCUT2D eigenvalue weighted by molar-refractivity contribution is -0.121. The minimum Gasteiger partial charge on any atom is -0.368 e. The van der Waals surface area contributed by atoms with Crippen LogP contribution in [0.5, 0.6) is 0 Å². The van der Waals surface area contributed by atoms with Gasteiger partial charge in [0.1, 0.15) is 0 Å². The van der Waals surface area contributed by atoms with Crippen molar-refractivity contribution in [2.45, 2.75) is 45.0 Å². The van der Waals surface area contributed by atoms with Crippen molar-refractivity contribution < 1.29 is 9.84 Å². The molecule has 0 aromatic carbocycles. The molecule has 0 amide bonds. The van der Waals surface area contributed by atoms with Crippen LogP contribution >= 0.6 is 0 Å². The number of hydrogen-bond acceptors (Lipinski definition) is 2. The van der Waals surface area contributed by atoms with Crippen LogP contribution in [0.4, 0.5) is 0 Å². The first-order chi connectivity index (χ1) is 4.29. The third kappa shape index (κ3) is 2.33. The van der Waals surface area contributed by atoms with E-state index in [0.717, 1.165) is 12.8 Å². The van der Waals surface area contributed by atoms with Gasteiger partial charge in [-0.1, -0.05) is 12.8 Å². The second kappa shape index (κ2) is 3.18. The molecule has 0 heterocycles. The van der Waals surface area contributed by atoms with Crippen LogP contribution in [0.2, 0.25) is 0 Å². The minimum absolute atomic E-state index is 0.338. The van der Waals surface area contributed by atoms with E-state index in [4.69, 9.17) is 9.84 Å². The van der Waals surface area contributed by atoms with Crippen LogP contribution in [0.3, 0.4) is 0 Å². The fourth-order valence-electron chi connectivity index (χ4n) is 1.30. The van der Waals surface area contributed by atoms with Crippen molar-refractivity contribution >= 4 is 0 Å². The van der Waals surface area contributed by atoms with E-state index >= 15 is 0 Å². The van der Waals surface area contributed by atoms with Crippen molar-refractivity contribution in [2.75, 3.05) is 0 Å². The van der Waals surface area contributed by atoms with Gasteiger partial charge in [0.25, 0.3) is 0 Å². The Morgan fingerprint density at radius 1 is 1.44 bits per heavy atom. The highest BCUT2D eigenvalue weighted by Crippen LogP contribution is 2.21. The molecule has 0 aliphatic heterocycles. The third-order valence-corrected chi connectivity index (χ3v) is 1.69. The van der Waals surface area contributed by atoms with Gasteiger partial charge in [0, 0.05) is 0 Å². The molecule has 54 valence electrons. The van der Waals surface area contributed by atoms with Crippen molar-refractivity contribution in [1.82, 2.24) is 0 Å². The number of ether oxygens (including phenoxy) is 1. The normalized spacial score (nSPS) is 24.7. The van der Waals surface area contributed by atoms with Crippen LogP contribution in [0.15, 0.2) is 0 Å². The van der Waals surface area contributed by atoms with Crippen LogP contribution in [0.1, 0.15) is 32.6 Å². The average molecular weight is 130 g/mol. The van der Waals surface area contributed by atoms with E-state index in [2.05, 4.69) is 0 Å². The fraction of sp³-hybridized carbons (Fsp3) is 1.00. The molecule has 1 aliphatic carbocycles. The molecule has 2 nitrogen and oxygen atoms in total. The predicted molar refractivity (Wildman–Crippen MR) is 35.0 cm³/mol. The molecule has 1 fully saturated rings. The van der Waals surface area contributed by atoms with Crippen LogP contribution in [-0.4, -0.2) is 17.5 Å². The highest BCUT2D eigenvalue weighted by molar-refractivity contribution is 4.66. The molecule has 0 aromatic rings. The van der Waals surface area contributed by atoms with Crippen molar-refractivity contribution in [3.05, 3.63) is 0 Å². The molecule has 0 saturated heterocycles. The van der Waals surface area contributed by atoms with Gasteiger partial charge in [0.05, 0.1) is 6.10 Å². The van der Waals surface area contributed by atoms with Crippen molar-refractivity contribution in [1.29, 1.82) is 0 Å². The molecule has 1 atom stereocenters. The summed E-state index contributed by atoms with van der Waals surface area (Å²) in [5.41, 5.74) is 0. The van der Waals surface area contributed by atoms with E-state index in [0.29, 0.717) is 6.10 Å². The maximum atomic E-state index is 8.79. The molecule has 0 unspecified atom stereocenters. The Kier molecular flexibility index (Phi) is 2.49. The fourth-order valence-corrected chi connectivity index (χ4v) is 1.30. The lowest BCUT2D eigenvalue weighted by atomic mass is 10.3. The summed E-state index contributed by atoms with van der Waals surface area (Å²) in [4.78, 5) is 0. The standard InChI is InChI=1S/C7H14O2/c1-6(8)9-7-4-2-3-5-7/h6-8H,2-5H2,1H3/t6-/m0/s1. The Morgan fingerprint density at radius 3 is 2.44 bits per heavy atom. The maximum Gasteiger partial charge on any atom is 0.152 e. The van der Waals surface area contributed by atoms with E-state index in [1.165, 1.54) is 12.8 Å². The van der Waals surface area contributed by atoms with E-state index in [-0.39, 0.29) is 0 Å². The summed E-state index contributed by atoms with van der Waals surface area (Å²) in [6.45, 7) is 1.66. The van der Waals surface area contributed by atoms with Gasteiger partial charge in [-0.2, -0.15) is 0 Å². The summed E-state index contributed by atoms with van der Waals surface area (Å²) in [5, 5.41) is 8.79. The molecule has 1 aliphatic rings. The Balaban J connectivity index is 2.11. The number of hydrogen-bond donors (Lipinski definition) is 1. The SMILES string of the molecule is C[C@@H](O)OC1CCCC1. The van der Waals surface area contributed by atoms with Gasteiger partial charge in [-0.05, 0) is 19.8 Å². The molecule has 0 spiro atoms. The first kappa shape index (κ1) is 7.03. The molecular weight excluding hydrogens is 116 g/mol. The largest absolute Gasteiger partial charge is 0.368 e. The monoisotopic (exact) mass is 130 g/mol. The molecule has 1 saturated carbocycles. The van der Waals surface area contributed by atoms with Gasteiger partial charge < -0.3 is 9.84 Å². The highest BCUT2D eigenvalue weighted by Gasteiger charge is 2.16. The van der Waals surface area contributed by atoms with Crippen LogP contribution < -0.4 is 0 Å². The van der Waals surface area contributed by atoms with Gasteiger partial charge in [-0.3, -0.25) is 0 Å². The van der Waals surface area contributed by atoms with Crippen molar-refractivity contribution in [3.8, 4) is 0 Å². The number of rotatable bonds is 2. The zero-order chi connectivity index (χ0) is 6.69. The zero-order valence-corrected chi connectivity index (χ0v) is 5.84. The second-order valence-electron chi connectivity index (χ2n) is 2.64. The molecular formula is C7H14O2. The minimum atomic E-state index is -0.576.